The van der Waals surface area contributed by atoms with Gasteiger partial charge in [0, 0.05) is 27.9 Å². The zero-order chi connectivity index (χ0) is 19.4. The largest absolute Gasteiger partial charge is 0.465 e. The van der Waals surface area contributed by atoms with Gasteiger partial charge < -0.3 is 5.11 Å². The third kappa shape index (κ3) is 3.16. The van der Waals surface area contributed by atoms with Gasteiger partial charge in [-0.05, 0) is 38.2 Å². The maximum atomic E-state index is 11.2. The Hall–Kier alpha value is -1.89. The quantitative estimate of drug-likeness (QED) is 0.796. The van der Waals surface area contributed by atoms with E-state index in [2.05, 4.69) is 37.6 Å². The molecule has 1 aromatic rings. The molecule has 0 aromatic carbocycles. The minimum atomic E-state index is -0.975. The summed E-state index contributed by atoms with van der Waals surface area (Å²) in [5.41, 5.74) is 1.47. The Kier molecular flexibility index (Phi) is 4.33. The number of carboxylic acid groups (broad SMARTS) is 1. The number of anilines is 1. The van der Waals surface area contributed by atoms with Gasteiger partial charge in [-0.1, -0.05) is 27.7 Å². The molecule has 0 unspecified atom stereocenters. The summed E-state index contributed by atoms with van der Waals surface area (Å²) in [6.45, 7) is 9.37. The number of rotatable bonds is 2. The summed E-state index contributed by atoms with van der Waals surface area (Å²) in [6.07, 6.45) is 8.25. The van der Waals surface area contributed by atoms with E-state index < -0.39 is 6.09 Å². The predicted octanol–water partition coefficient (Wildman–Crippen LogP) is 4.71. The Balaban J connectivity index is 1.72. The minimum absolute atomic E-state index is 0.0925. The van der Waals surface area contributed by atoms with Crippen molar-refractivity contribution in [2.45, 2.75) is 76.7 Å². The van der Waals surface area contributed by atoms with Crippen LogP contribution >= 0.6 is 11.3 Å². The van der Waals surface area contributed by atoms with Crippen LogP contribution in [-0.4, -0.2) is 39.6 Å². The number of thiazole rings is 1. The molecule has 3 aliphatic rings. The van der Waals surface area contributed by atoms with Crippen LogP contribution in [0.25, 0.3) is 0 Å². The van der Waals surface area contributed by atoms with E-state index in [1.807, 2.05) is 6.08 Å². The lowest BCUT2D eigenvalue weighted by atomic mass is 9.69. The van der Waals surface area contributed by atoms with Crippen molar-refractivity contribution in [3.05, 3.63) is 22.8 Å². The van der Waals surface area contributed by atoms with Gasteiger partial charge in [0.05, 0.1) is 5.69 Å². The van der Waals surface area contributed by atoms with Crippen molar-refractivity contribution in [1.29, 1.82) is 0 Å². The summed E-state index contributed by atoms with van der Waals surface area (Å²) >= 11 is 1.80. The van der Waals surface area contributed by atoms with E-state index in [1.165, 1.54) is 28.3 Å². The highest BCUT2D eigenvalue weighted by Gasteiger charge is 2.42. The Labute approximate surface area is 164 Å². The molecule has 0 spiro atoms. The van der Waals surface area contributed by atoms with Crippen LogP contribution in [0.15, 0.2) is 17.3 Å². The van der Waals surface area contributed by atoms with Gasteiger partial charge in [-0.3, -0.25) is 9.80 Å². The first-order chi connectivity index (χ1) is 12.7. The average Bonchev–Trinajstić information content (AvgIpc) is 3.03. The van der Waals surface area contributed by atoms with Crippen LogP contribution in [0.1, 0.15) is 70.4 Å². The summed E-state index contributed by atoms with van der Waals surface area (Å²) in [5.74, 6) is 0.832. The number of hydrogen-bond donors (Lipinski definition) is 1. The Morgan fingerprint density at radius 3 is 2.48 bits per heavy atom. The van der Waals surface area contributed by atoms with Crippen molar-refractivity contribution in [3.63, 3.8) is 0 Å². The standard InChI is InChI=1S/C20H28N4O2S/c1-19(2)9-10-20(3,4)16-15(19)22-17(27-16)24(13-6-5-7-13)14-8-11-23(12-21-14)18(25)26/h8,11,13H,5-7,9-10,12H2,1-4H3,(H,25,26). The van der Waals surface area contributed by atoms with Crippen LogP contribution < -0.4 is 4.90 Å². The fourth-order valence-electron chi connectivity index (χ4n) is 3.96. The van der Waals surface area contributed by atoms with E-state index in [4.69, 9.17) is 10.1 Å². The zero-order valence-electron chi connectivity index (χ0n) is 16.5. The van der Waals surface area contributed by atoms with Gasteiger partial charge in [-0.2, -0.15) is 0 Å². The van der Waals surface area contributed by atoms with Crippen molar-refractivity contribution < 1.29 is 9.90 Å². The van der Waals surface area contributed by atoms with Crippen LogP contribution in [0.3, 0.4) is 0 Å². The molecule has 2 aliphatic carbocycles. The number of amides is 1. The van der Waals surface area contributed by atoms with E-state index in [9.17, 15) is 4.79 Å². The second-order valence-corrected chi connectivity index (χ2v) is 10.1. The highest BCUT2D eigenvalue weighted by Crippen LogP contribution is 2.50. The molecule has 1 amide bonds. The molecule has 0 bridgehead atoms. The summed E-state index contributed by atoms with van der Waals surface area (Å²) in [5, 5.41) is 10.2. The second kappa shape index (κ2) is 6.33. The highest BCUT2D eigenvalue weighted by molar-refractivity contribution is 7.16. The molecule has 4 rings (SSSR count). The van der Waals surface area contributed by atoms with Crippen molar-refractivity contribution in [1.82, 2.24) is 9.88 Å². The van der Waals surface area contributed by atoms with Gasteiger partial charge in [0.15, 0.2) is 5.13 Å². The SMILES string of the molecule is CC1(C)CCC(C)(C)c2sc(N(C3=NCN(C(=O)O)C=C3)C3CCC3)nc21. The fraction of sp³-hybridized carbons (Fsp3) is 0.650. The van der Waals surface area contributed by atoms with E-state index >= 15 is 0 Å². The van der Waals surface area contributed by atoms with Gasteiger partial charge in [-0.25, -0.2) is 14.8 Å². The Morgan fingerprint density at radius 1 is 1.26 bits per heavy atom. The minimum Gasteiger partial charge on any atom is -0.465 e. The Morgan fingerprint density at radius 2 is 1.96 bits per heavy atom. The number of amidine groups is 1. The normalized spacial score (nSPS) is 23.4. The van der Waals surface area contributed by atoms with Crippen LogP contribution in [0.2, 0.25) is 0 Å². The molecular formula is C20H28N4O2S. The first-order valence-electron chi connectivity index (χ1n) is 9.72. The predicted molar refractivity (Wildman–Crippen MR) is 109 cm³/mol. The number of aromatic nitrogens is 1. The van der Waals surface area contributed by atoms with Crippen molar-refractivity contribution in [2.24, 2.45) is 4.99 Å². The first kappa shape index (κ1) is 18.5. The summed E-state index contributed by atoms with van der Waals surface area (Å²) in [4.78, 5) is 25.7. The summed E-state index contributed by atoms with van der Waals surface area (Å²) in [6, 6.07) is 0.406. The number of nitrogens with zero attached hydrogens (tertiary/aromatic N) is 4. The number of hydrogen-bond acceptors (Lipinski definition) is 5. The third-order valence-corrected chi connectivity index (χ3v) is 7.59. The molecule has 1 N–H and O–H groups in total. The van der Waals surface area contributed by atoms with Crippen LogP contribution in [0, 0.1) is 0 Å². The van der Waals surface area contributed by atoms with Gasteiger partial charge in [0.1, 0.15) is 12.5 Å². The fourth-order valence-corrected chi connectivity index (χ4v) is 5.42. The molecule has 146 valence electrons. The van der Waals surface area contributed by atoms with Crippen molar-refractivity contribution in [2.75, 3.05) is 11.6 Å². The molecule has 0 radical (unpaired) electrons. The average molecular weight is 389 g/mol. The van der Waals surface area contributed by atoms with E-state index in [1.54, 1.807) is 17.5 Å². The van der Waals surface area contributed by atoms with E-state index in [-0.39, 0.29) is 17.5 Å². The monoisotopic (exact) mass is 388 g/mol. The maximum absolute atomic E-state index is 11.2. The molecule has 0 saturated heterocycles. The molecule has 1 aromatic heterocycles. The number of carbonyl (C=O) groups is 1. The molecule has 2 heterocycles. The summed E-state index contributed by atoms with van der Waals surface area (Å²) in [7, 11) is 0. The van der Waals surface area contributed by atoms with Gasteiger partial charge in [0.25, 0.3) is 0 Å². The first-order valence-corrected chi connectivity index (χ1v) is 10.5. The molecule has 27 heavy (non-hydrogen) atoms. The highest BCUT2D eigenvalue weighted by atomic mass is 32.1. The van der Waals surface area contributed by atoms with Gasteiger partial charge >= 0.3 is 6.09 Å². The molecule has 7 heteroatoms. The molecule has 1 fully saturated rings. The van der Waals surface area contributed by atoms with Crippen LogP contribution in [-0.2, 0) is 10.8 Å². The molecule has 1 aliphatic heterocycles. The van der Waals surface area contributed by atoms with E-state index in [0.29, 0.717) is 6.04 Å². The maximum Gasteiger partial charge on any atom is 0.412 e. The summed E-state index contributed by atoms with van der Waals surface area (Å²) < 4.78 is 0. The third-order valence-electron chi connectivity index (χ3n) is 6.17. The lowest BCUT2D eigenvalue weighted by molar-refractivity contribution is 0.163. The number of aliphatic imine (C=N–C) groups is 1. The Bertz CT molecular complexity index is 786. The van der Waals surface area contributed by atoms with Gasteiger partial charge in [-0.15, -0.1) is 11.3 Å². The molecule has 1 saturated carbocycles. The second-order valence-electron chi connectivity index (χ2n) is 9.12. The van der Waals surface area contributed by atoms with Crippen LogP contribution in [0.5, 0.6) is 0 Å². The van der Waals surface area contributed by atoms with Crippen molar-refractivity contribution in [3.8, 4) is 0 Å². The van der Waals surface area contributed by atoms with Crippen LogP contribution in [0.4, 0.5) is 9.93 Å². The smallest absolute Gasteiger partial charge is 0.412 e. The molecule has 0 atom stereocenters. The molecular weight excluding hydrogens is 360 g/mol. The lowest BCUT2D eigenvalue weighted by Crippen LogP contribution is -2.45. The lowest BCUT2D eigenvalue weighted by Gasteiger charge is -2.38. The zero-order valence-corrected chi connectivity index (χ0v) is 17.3. The topological polar surface area (TPSA) is 69.0 Å². The number of fused-ring (bicyclic) bond motifs is 1. The van der Waals surface area contributed by atoms with Gasteiger partial charge in [0.2, 0.25) is 0 Å². The molecule has 6 nitrogen and oxygen atoms in total. The van der Waals surface area contributed by atoms with Crippen molar-refractivity contribution >= 4 is 28.4 Å². The van der Waals surface area contributed by atoms with E-state index in [0.717, 1.165) is 30.2 Å².